The van der Waals surface area contributed by atoms with Crippen LogP contribution in [0.25, 0.3) is 0 Å². The number of carbonyl (C=O) groups is 2. The first-order valence-corrected chi connectivity index (χ1v) is 9.74. The van der Waals surface area contributed by atoms with Gasteiger partial charge >= 0.3 is 0 Å². The molecule has 2 N–H and O–H groups in total. The Morgan fingerprint density at radius 2 is 1.68 bits per heavy atom. The van der Waals surface area contributed by atoms with E-state index in [0.717, 1.165) is 4.90 Å². The van der Waals surface area contributed by atoms with Gasteiger partial charge in [-0.25, -0.2) is 9.67 Å². The second-order valence-electron chi connectivity index (χ2n) is 6.27. The van der Waals surface area contributed by atoms with Crippen molar-refractivity contribution in [2.45, 2.75) is 24.8 Å². The maximum atomic E-state index is 12.2. The number of amides is 2. The number of benzene rings is 2. The van der Waals surface area contributed by atoms with E-state index in [1.807, 2.05) is 31.2 Å². The molecule has 0 radical (unpaired) electrons. The standard InChI is InChI=1S/C20H21N5O2S/c1-14-3-9-18(10-4-14)28-11-19(26)23-16-5-7-17(8-6-16)24-20(27)15(2)25-13-21-12-22-25/h3-10,12-13,15H,11H2,1-2H3,(H,23,26)(H,24,27)/t15-/m1/s1. The molecule has 0 aliphatic rings. The quantitative estimate of drug-likeness (QED) is 0.598. The first kappa shape index (κ1) is 19.6. The van der Waals surface area contributed by atoms with Crippen LogP contribution in [0.3, 0.4) is 0 Å². The number of thioether (sulfide) groups is 1. The number of carbonyl (C=O) groups excluding carboxylic acids is 2. The minimum absolute atomic E-state index is 0.0813. The molecule has 7 nitrogen and oxygen atoms in total. The zero-order chi connectivity index (χ0) is 19.9. The topological polar surface area (TPSA) is 88.9 Å². The molecule has 8 heteroatoms. The molecule has 28 heavy (non-hydrogen) atoms. The molecule has 3 aromatic rings. The van der Waals surface area contributed by atoms with Crippen molar-refractivity contribution in [3.63, 3.8) is 0 Å². The molecule has 0 fully saturated rings. The lowest BCUT2D eigenvalue weighted by molar-refractivity contribution is -0.119. The van der Waals surface area contributed by atoms with Crippen LogP contribution in [-0.4, -0.2) is 32.3 Å². The molecular weight excluding hydrogens is 374 g/mol. The largest absolute Gasteiger partial charge is 0.325 e. The van der Waals surface area contributed by atoms with Crippen molar-refractivity contribution in [1.29, 1.82) is 0 Å². The summed E-state index contributed by atoms with van der Waals surface area (Å²) >= 11 is 1.49. The van der Waals surface area contributed by atoms with E-state index in [0.29, 0.717) is 17.1 Å². The van der Waals surface area contributed by atoms with Crippen molar-refractivity contribution in [3.8, 4) is 0 Å². The van der Waals surface area contributed by atoms with Crippen LogP contribution in [0, 0.1) is 6.92 Å². The van der Waals surface area contributed by atoms with E-state index in [1.54, 1.807) is 31.2 Å². The van der Waals surface area contributed by atoms with Crippen LogP contribution in [0.5, 0.6) is 0 Å². The summed E-state index contributed by atoms with van der Waals surface area (Å²) < 4.78 is 1.48. The van der Waals surface area contributed by atoms with Gasteiger partial charge in [-0.05, 0) is 50.2 Å². The second kappa shape index (κ2) is 9.18. The number of nitrogens with one attached hydrogen (secondary N) is 2. The summed E-state index contributed by atoms with van der Waals surface area (Å²) in [6, 6.07) is 14.6. The predicted octanol–water partition coefficient (Wildman–Crippen LogP) is 3.52. The summed E-state index contributed by atoms with van der Waals surface area (Å²) in [6.07, 6.45) is 2.88. The average molecular weight is 395 g/mol. The average Bonchev–Trinajstić information content (AvgIpc) is 3.23. The molecule has 1 atom stereocenters. The van der Waals surface area contributed by atoms with Crippen LogP contribution in [0.15, 0.2) is 66.1 Å². The van der Waals surface area contributed by atoms with Crippen molar-refractivity contribution < 1.29 is 9.59 Å². The van der Waals surface area contributed by atoms with Gasteiger partial charge in [0.05, 0.1) is 5.75 Å². The van der Waals surface area contributed by atoms with E-state index in [4.69, 9.17) is 0 Å². The Labute approximate surface area is 167 Å². The Kier molecular flexibility index (Phi) is 6.44. The summed E-state index contributed by atoms with van der Waals surface area (Å²) in [5, 5.41) is 9.64. The number of nitrogens with zero attached hydrogens (tertiary/aromatic N) is 3. The second-order valence-corrected chi connectivity index (χ2v) is 7.32. The Hall–Kier alpha value is -3.13. The van der Waals surface area contributed by atoms with Crippen molar-refractivity contribution in [2.75, 3.05) is 16.4 Å². The molecule has 0 bridgehead atoms. The summed E-state index contributed by atoms with van der Waals surface area (Å²) in [7, 11) is 0. The lowest BCUT2D eigenvalue weighted by atomic mass is 10.2. The third kappa shape index (κ3) is 5.43. The molecule has 2 amide bonds. The van der Waals surface area contributed by atoms with Crippen LogP contribution < -0.4 is 10.6 Å². The highest BCUT2D eigenvalue weighted by Crippen LogP contribution is 2.19. The third-order valence-electron chi connectivity index (χ3n) is 4.04. The molecule has 0 saturated heterocycles. The molecule has 0 unspecified atom stereocenters. The first-order chi connectivity index (χ1) is 13.5. The predicted molar refractivity (Wildman–Crippen MR) is 110 cm³/mol. The third-order valence-corrected chi connectivity index (χ3v) is 5.05. The van der Waals surface area contributed by atoms with Gasteiger partial charge < -0.3 is 10.6 Å². The van der Waals surface area contributed by atoms with Crippen LogP contribution in [0.4, 0.5) is 11.4 Å². The van der Waals surface area contributed by atoms with Gasteiger partial charge in [0, 0.05) is 16.3 Å². The molecule has 3 rings (SSSR count). The van der Waals surface area contributed by atoms with E-state index in [1.165, 1.54) is 34.7 Å². The molecule has 1 aromatic heterocycles. The first-order valence-electron chi connectivity index (χ1n) is 8.75. The molecular formula is C20H21N5O2S. The van der Waals surface area contributed by atoms with Crippen LogP contribution in [0.1, 0.15) is 18.5 Å². The fraction of sp³-hybridized carbons (Fsp3) is 0.200. The Bertz CT molecular complexity index is 924. The number of hydrogen-bond acceptors (Lipinski definition) is 5. The molecule has 2 aromatic carbocycles. The lowest BCUT2D eigenvalue weighted by Gasteiger charge is -2.12. The van der Waals surface area contributed by atoms with E-state index in [2.05, 4.69) is 20.7 Å². The van der Waals surface area contributed by atoms with Crippen molar-refractivity contribution in [3.05, 3.63) is 66.7 Å². The van der Waals surface area contributed by atoms with Gasteiger partial charge in [0.1, 0.15) is 18.7 Å². The van der Waals surface area contributed by atoms with Gasteiger partial charge in [0.2, 0.25) is 11.8 Å². The van der Waals surface area contributed by atoms with Gasteiger partial charge in [0.25, 0.3) is 0 Å². The number of aromatic nitrogens is 3. The SMILES string of the molecule is Cc1ccc(SCC(=O)Nc2ccc(NC(=O)[C@@H](C)n3cncn3)cc2)cc1. The number of aryl methyl sites for hydroxylation is 1. The van der Waals surface area contributed by atoms with Gasteiger partial charge in [-0.15, -0.1) is 11.8 Å². The highest BCUT2D eigenvalue weighted by molar-refractivity contribution is 8.00. The molecule has 0 spiro atoms. The van der Waals surface area contributed by atoms with Crippen molar-refractivity contribution in [1.82, 2.24) is 14.8 Å². The molecule has 144 valence electrons. The van der Waals surface area contributed by atoms with Crippen molar-refractivity contribution >= 4 is 35.0 Å². The van der Waals surface area contributed by atoms with Gasteiger partial charge in [0.15, 0.2) is 0 Å². The number of rotatable bonds is 7. The minimum atomic E-state index is -0.472. The van der Waals surface area contributed by atoms with E-state index >= 15 is 0 Å². The summed E-state index contributed by atoms with van der Waals surface area (Å²) in [6.45, 7) is 3.77. The maximum Gasteiger partial charge on any atom is 0.249 e. The molecule has 0 aliphatic heterocycles. The van der Waals surface area contributed by atoms with Crippen LogP contribution >= 0.6 is 11.8 Å². The Morgan fingerprint density at radius 1 is 1.04 bits per heavy atom. The highest BCUT2D eigenvalue weighted by Gasteiger charge is 2.15. The van der Waals surface area contributed by atoms with Gasteiger partial charge in [-0.1, -0.05) is 17.7 Å². The lowest BCUT2D eigenvalue weighted by Crippen LogP contribution is -2.24. The monoisotopic (exact) mass is 395 g/mol. The van der Waals surface area contributed by atoms with E-state index in [9.17, 15) is 9.59 Å². The fourth-order valence-corrected chi connectivity index (χ4v) is 3.10. The molecule has 0 saturated carbocycles. The normalized spacial score (nSPS) is 11.6. The Balaban J connectivity index is 1.49. The van der Waals surface area contributed by atoms with E-state index < -0.39 is 6.04 Å². The fourth-order valence-electron chi connectivity index (χ4n) is 2.40. The minimum Gasteiger partial charge on any atom is -0.325 e. The molecule has 0 aliphatic carbocycles. The van der Waals surface area contributed by atoms with Crippen LogP contribution in [-0.2, 0) is 9.59 Å². The van der Waals surface area contributed by atoms with Gasteiger partial charge in [-0.2, -0.15) is 5.10 Å². The highest BCUT2D eigenvalue weighted by atomic mass is 32.2. The van der Waals surface area contributed by atoms with E-state index in [-0.39, 0.29) is 11.8 Å². The number of anilines is 2. The summed E-state index contributed by atoms with van der Waals surface area (Å²) in [4.78, 5) is 29.3. The van der Waals surface area contributed by atoms with Crippen LogP contribution in [0.2, 0.25) is 0 Å². The number of hydrogen-bond donors (Lipinski definition) is 2. The molecule has 1 heterocycles. The maximum absolute atomic E-state index is 12.2. The van der Waals surface area contributed by atoms with Gasteiger partial charge in [-0.3, -0.25) is 9.59 Å². The zero-order valence-corrected chi connectivity index (χ0v) is 16.4. The summed E-state index contributed by atoms with van der Waals surface area (Å²) in [5.41, 5.74) is 2.51. The van der Waals surface area contributed by atoms with Crippen molar-refractivity contribution in [2.24, 2.45) is 0 Å². The zero-order valence-electron chi connectivity index (χ0n) is 15.6. The summed E-state index contributed by atoms with van der Waals surface area (Å²) in [5.74, 6) is 0.0516. The smallest absolute Gasteiger partial charge is 0.249 e. The Morgan fingerprint density at radius 3 is 2.29 bits per heavy atom.